The monoisotopic (exact) mass is 230 g/mol. The van der Waals surface area contributed by atoms with Crippen molar-refractivity contribution in [1.29, 1.82) is 0 Å². The van der Waals surface area contributed by atoms with Crippen LogP contribution in [-0.2, 0) is 6.54 Å². The molecule has 2 heterocycles. The highest BCUT2D eigenvalue weighted by molar-refractivity contribution is 5.15. The van der Waals surface area contributed by atoms with E-state index in [1.54, 1.807) is 0 Å². The van der Waals surface area contributed by atoms with Gasteiger partial charge in [0.1, 0.15) is 0 Å². The molecular weight excluding hydrogens is 208 g/mol. The van der Waals surface area contributed by atoms with Gasteiger partial charge in [0, 0.05) is 12.6 Å². The maximum atomic E-state index is 3.82. The first-order valence-electron chi connectivity index (χ1n) is 6.82. The zero-order chi connectivity index (χ0) is 11.7. The lowest BCUT2D eigenvalue weighted by atomic mass is 9.97. The van der Waals surface area contributed by atoms with Crippen molar-refractivity contribution in [2.24, 2.45) is 0 Å². The summed E-state index contributed by atoms with van der Waals surface area (Å²) in [7, 11) is 2.30. The minimum Gasteiger partial charge on any atom is -0.295 e. The van der Waals surface area contributed by atoms with E-state index >= 15 is 0 Å². The lowest BCUT2D eigenvalue weighted by Gasteiger charge is -2.43. The minimum atomic E-state index is 0.290. The number of rotatable bonds is 3. The first-order chi connectivity index (χ1) is 8.30. The van der Waals surface area contributed by atoms with E-state index in [1.807, 2.05) is 0 Å². The van der Waals surface area contributed by atoms with Gasteiger partial charge in [-0.2, -0.15) is 0 Å². The summed E-state index contributed by atoms with van der Waals surface area (Å²) in [6.07, 6.45) is 6.79. The average Bonchev–Trinajstić information content (AvgIpc) is 2.57. The fourth-order valence-corrected chi connectivity index (χ4v) is 3.56. The van der Waals surface area contributed by atoms with Crippen LogP contribution in [0, 0.1) is 0 Å². The Kier molecular flexibility index (Phi) is 2.93. The number of hydrogen-bond donors (Lipinski definition) is 1. The molecule has 1 N–H and O–H groups in total. The second-order valence-corrected chi connectivity index (χ2v) is 5.57. The molecule has 0 amide bonds. The molecule has 0 aromatic heterocycles. The highest BCUT2D eigenvalue weighted by Gasteiger charge is 2.45. The van der Waals surface area contributed by atoms with E-state index in [4.69, 9.17) is 0 Å². The Labute approximate surface area is 104 Å². The molecule has 2 nitrogen and oxygen atoms in total. The maximum absolute atomic E-state index is 3.82. The van der Waals surface area contributed by atoms with Crippen LogP contribution in [0.3, 0.4) is 0 Å². The third-order valence-electron chi connectivity index (χ3n) is 4.71. The Hall–Kier alpha value is -0.860. The largest absolute Gasteiger partial charge is 0.295 e. The molecule has 2 fully saturated rings. The second kappa shape index (κ2) is 4.43. The van der Waals surface area contributed by atoms with Gasteiger partial charge in [0.15, 0.2) is 0 Å². The Morgan fingerprint density at radius 1 is 1.24 bits per heavy atom. The van der Waals surface area contributed by atoms with E-state index < -0.39 is 0 Å². The molecule has 3 rings (SSSR count). The van der Waals surface area contributed by atoms with Crippen LogP contribution in [-0.4, -0.2) is 23.7 Å². The number of benzene rings is 1. The van der Waals surface area contributed by atoms with Crippen LogP contribution in [0.25, 0.3) is 0 Å². The van der Waals surface area contributed by atoms with Gasteiger partial charge >= 0.3 is 0 Å². The Morgan fingerprint density at radius 2 is 2.06 bits per heavy atom. The quantitative estimate of drug-likeness (QED) is 0.859. The van der Waals surface area contributed by atoms with E-state index in [0.717, 1.165) is 12.6 Å². The Morgan fingerprint density at radius 3 is 2.88 bits per heavy atom. The molecule has 92 valence electrons. The molecule has 17 heavy (non-hydrogen) atoms. The summed E-state index contributed by atoms with van der Waals surface area (Å²) in [6.45, 7) is 0.998. The van der Waals surface area contributed by atoms with Crippen LogP contribution < -0.4 is 5.32 Å². The summed E-state index contributed by atoms with van der Waals surface area (Å²) >= 11 is 0. The van der Waals surface area contributed by atoms with Gasteiger partial charge in [-0.05, 0) is 44.7 Å². The van der Waals surface area contributed by atoms with Crippen molar-refractivity contribution in [2.45, 2.75) is 50.4 Å². The first kappa shape index (κ1) is 11.2. The van der Waals surface area contributed by atoms with Crippen LogP contribution >= 0.6 is 0 Å². The van der Waals surface area contributed by atoms with E-state index in [9.17, 15) is 0 Å². The van der Waals surface area contributed by atoms with Gasteiger partial charge in [0.05, 0.1) is 5.66 Å². The first-order valence-corrected chi connectivity index (χ1v) is 6.82. The number of nitrogens with one attached hydrogen (secondary N) is 1. The standard InChI is InChI=1S/C15H22N2/c1-17-14-8-5-10-15(17,11-9-14)16-12-13-6-3-2-4-7-13/h2-4,6-7,14,16H,5,8-12H2,1H3. The molecule has 0 radical (unpaired) electrons. The smallest absolute Gasteiger partial charge is 0.0715 e. The fraction of sp³-hybridized carbons (Fsp3) is 0.600. The summed E-state index contributed by atoms with van der Waals surface area (Å²) in [5.74, 6) is 0. The third-order valence-corrected chi connectivity index (χ3v) is 4.71. The fourth-order valence-electron chi connectivity index (χ4n) is 3.56. The SMILES string of the molecule is CN1C2CCCC1(NCc1ccccc1)CC2. The van der Waals surface area contributed by atoms with E-state index in [0.29, 0.717) is 5.66 Å². The van der Waals surface area contributed by atoms with Crippen molar-refractivity contribution in [1.82, 2.24) is 10.2 Å². The van der Waals surface area contributed by atoms with Crippen LogP contribution in [0.5, 0.6) is 0 Å². The summed E-state index contributed by atoms with van der Waals surface area (Å²) in [5, 5.41) is 3.82. The lowest BCUT2D eigenvalue weighted by Crippen LogP contribution is -2.57. The normalized spacial score (nSPS) is 32.9. The van der Waals surface area contributed by atoms with Crippen molar-refractivity contribution in [3.05, 3.63) is 35.9 Å². The molecule has 0 spiro atoms. The van der Waals surface area contributed by atoms with Gasteiger partial charge in [0.2, 0.25) is 0 Å². The van der Waals surface area contributed by atoms with E-state index in [2.05, 4.69) is 47.6 Å². The molecule has 1 aromatic rings. The van der Waals surface area contributed by atoms with E-state index in [-0.39, 0.29) is 0 Å². The van der Waals surface area contributed by atoms with Gasteiger partial charge < -0.3 is 0 Å². The lowest BCUT2D eigenvalue weighted by molar-refractivity contribution is 0.0502. The number of fused-ring (bicyclic) bond motifs is 2. The van der Waals surface area contributed by atoms with Crippen LogP contribution in [0.4, 0.5) is 0 Å². The van der Waals surface area contributed by atoms with Crippen LogP contribution in [0.1, 0.15) is 37.7 Å². The average molecular weight is 230 g/mol. The summed E-state index contributed by atoms with van der Waals surface area (Å²) < 4.78 is 0. The topological polar surface area (TPSA) is 15.3 Å². The van der Waals surface area contributed by atoms with E-state index in [1.165, 1.54) is 37.7 Å². The van der Waals surface area contributed by atoms with Crippen molar-refractivity contribution >= 4 is 0 Å². The van der Waals surface area contributed by atoms with Crippen molar-refractivity contribution < 1.29 is 0 Å². The summed E-state index contributed by atoms with van der Waals surface area (Å²) in [5.41, 5.74) is 1.68. The summed E-state index contributed by atoms with van der Waals surface area (Å²) in [4.78, 5) is 2.60. The Bertz CT molecular complexity index is 372. The molecule has 0 saturated carbocycles. The third kappa shape index (κ3) is 2.00. The van der Waals surface area contributed by atoms with Gasteiger partial charge in [0.25, 0.3) is 0 Å². The molecule has 0 aliphatic carbocycles. The minimum absolute atomic E-state index is 0.290. The zero-order valence-corrected chi connectivity index (χ0v) is 10.7. The second-order valence-electron chi connectivity index (χ2n) is 5.57. The maximum Gasteiger partial charge on any atom is 0.0715 e. The Balaban J connectivity index is 1.68. The zero-order valence-electron chi connectivity index (χ0n) is 10.7. The molecule has 2 saturated heterocycles. The van der Waals surface area contributed by atoms with Crippen molar-refractivity contribution in [2.75, 3.05) is 7.05 Å². The van der Waals surface area contributed by atoms with Gasteiger partial charge in [-0.25, -0.2) is 0 Å². The van der Waals surface area contributed by atoms with Gasteiger partial charge in [-0.15, -0.1) is 0 Å². The van der Waals surface area contributed by atoms with Crippen LogP contribution in [0.15, 0.2) is 30.3 Å². The molecule has 1 aromatic carbocycles. The van der Waals surface area contributed by atoms with Crippen LogP contribution in [0.2, 0.25) is 0 Å². The molecular formula is C15H22N2. The predicted octanol–water partition coefficient (Wildman–Crippen LogP) is 2.75. The highest BCUT2D eigenvalue weighted by atomic mass is 15.3. The number of hydrogen-bond acceptors (Lipinski definition) is 2. The van der Waals surface area contributed by atoms with Crippen molar-refractivity contribution in [3.8, 4) is 0 Å². The molecule has 2 aliphatic rings. The molecule has 2 heteroatoms. The highest BCUT2D eigenvalue weighted by Crippen LogP contribution is 2.41. The molecule has 2 unspecified atom stereocenters. The number of nitrogens with zero attached hydrogens (tertiary/aromatic N) is 1. The number of piperidine rings is 1. The predicted molar refractivity (Wildman–Crippen MR) is 70.6 cm³/mol. The molecule has 2 bridgehead atoms. The van der Waals surface area contributed by atoms with Gasteiger partial charge in [-0.3, -0.25) is 10.2 Å². The molecule has 2 atom stereocenters. The summed E-state index contributed by atoms with van der Waals surface area (Å²) in [6, 6.07) is 11.6. The van der Waals surface area contributed by atoms with Gasteiger partial charge in [-0.1, -0.05) is 30.3 Å². The van der Waals surface area contributed by atoms with Crippen molar-refractivity contribution in [3.63, 3.8) is 0 Å². The molecule has 2 aliphatic heterocycles.